The maximum atomic E-state index is 11.4. The third-order valence-electron chi connectivity index (χ3n) is 2.48. The SMILES string of the molecule is COCCNC(=O)CCNc1ccc(N)c(C#N)c1. The number of methoxy groups -OCH3 is 1. The lowest BCUT2D eigenvalue weighted by Crippen LogP contribution is -2.28. The van der Waals surface area contributed by atoms with Gasteiger partial charge in [-0.25, -0.2) is 0 Å². The molecule has 0 aromatic heterocycles. The maximum absolute atomic E-state index is 11.4. The summed E-state index contributed by atoms with van der Waals surface area (Å²) in [6.07, 6.45) is 0.357. The standard InChI is InChI=1S/C13H18N4O2/c1-19-7-6-17-13(18)4-5-16-11-2-3-12(15)10(8-11)9-14/h2-3,8,16H,4-7,15H2,1H3,(H,17,18). The Balaban J connectivity index is 2.33. The maximum Gasteiger partial charge on any atom is 0.221 e. The first-order valence-electron chi connectivity index (χ1n) is 5.96. The average Bonchev–Trinajstić information content (AvgIpc) is 2.41. The zero-order valence-corrected chi connectivity index (χ0v) is 10.9. The molecule has 1 aromatic carbocycles. The van der Waals surface area contributed by atoms with Crippen molar-refractivity contribution in [3.05, 3.63) is 23.8 Å². The first-order chi connectivity index (χ1) is 9.17. The molecule has 0 heterocycles. The van der Waals surface area contributed by atoms with Crippen LogP contribution in [0, 0.1) is 11.3 Å². The number of nitrogens with two attached hydrogens (primary N) is 1. The number of nitrogens with zero attached hydrogens (tertiary/aromatic N) is 1. The van der Waals surface area contributed by atoms with E-state index in [1.165, 1.54) is 0 Å². The lowest BCUT2D eigenvalue weighted by atomic mass is 10.2. The number of hydrogen-bond donors (Lipinski definition) is 3. The van der Waals surface area contributed by atoms with Gasteiger partial charge in [0.1, 0.15) is 6.07 Å². The Hall–Kier alpha value is -2.26. The van der Waals surface area contributed by atoms with Crippen LogP contribution < -0.4 is 16.4 Å². The van der Waals surface area contributed by atoms with E-state index in [4.69, 9.17) is 15.7 Å². The van der Waals surface area contributed by atoms with Gasteiger partial charge in [-0.05, 0) is 18.2 Å². The average molecular weight is 262 g/mol. The smallest absolute Gasteiger partial charge is 0.221 e. The predicted molar refractivity (Wildman–Crippen MR) is 73.6 cm³/mol. The van der Waals surface area contributed by atoms with E-state index in [0.717, 1.165) is 5.69 Å². The highest BCUT2D eigenvalue weighted by atomic mass is 16.5. The summed E-state index contributed by atoms with van der Waals surface area (Å²) in [5.41, 5.74) is 7.27. The number of nitrogens with one attached hydrogen (secondary N) is 2. The Labute approximate surface area is 112 Å². The van der Waals surface area contributed by atoms with E-state index in [1.54, 1.807) is 25.3 Å². The lowest BCUT2D eigenvalue weighted by molar-refractivity contribution is -0.121. The molecule has 0 saturated heterocycles. The van der Waals surface area contributed by atoms with E-state index >= 15 is 0 Å². The number of nitrogen functional groups attached to an aromatic ring is 1. The number of anilines is 2. The Morgan fingerprint density at radius 3 is 2.95 bits per heavy atom. The van der Waals surface area contributed by atoms with E-state index < -0.39 is 0 Å². The fourth-order valence-electron chi connectivity index (χ4n) is 1.46. The zero-order valence-electron chi connectivity index (χ0n) is 10.9. The van der Waals surface area contributed by atoms with Crippen LogP contribution in [0.25, 0.3) is 0 Å². The van der Waals surface area contributed by atoms with Gasteiger partial charge in [-0.1, -0.05) is 0 Å². The van der Waals surface area contributed by atoms with Gasteiger partial charge in [0.25, 0.3) is 0 Å². The van der Waals surface area contributed by atoms with Crippen molar-refractivity contribution >= 4 is 17.3 Å². The van der Waals surface area contributed by atoms with Crippen molar-refractivity contribution in [1.82, 2.24) is 5.32 Å². The summed E-state index contributed by atoms with van der Waals surface area (Å²) in [6, 6.07) is 7.12. The van der Waals surface area contributed by atoms with Gasteiger partial charge in [0.15, 0.2) is 0 Å². The normalized spacial score (nSPS) is 9.68. The summed E-state index contributed by atoms with van der Waals surface area (Å²) < 4.78 is 4.83. The predicted octanol–water partition coefficient (Wildman–Crippen LogP) is 0.705. The molecule has 6 nitrogen and oxygen atoms in total. The van der Waals surface area contributed by atoms with Gasteiger partial charge in [-0.15, -0.1) is 0 Å². The van der Waals surface area contributed by atoms with Gasteiger partial charge in [0, 0.05) is 38.0 Å². The van der Waals surface area contributed by atoms with Gasteiger partial charge in [0.05, 0.1) is 12.2 Å². The minimum Gasteiger partial charge on any atom is -0.398 e. The summed E-state index contributed by atoms with van der Waals surface area (Å²) in [5.74, 6) is -0.0412. The molecule has 0 fully saturated rings. The quantitative estimate of drug-likeness (QED) is 0.496. The lowest BCUT2D eigenvalue weighted by Gasteiger charge is -2.08. The molecule has 19 heavy (non-hydrogen) atoms. The number of ether oxygens (including phenoxy) is 1. The molecule has 6 heteroatoms. The number of rotatable bonds is 7. The second-order valence-electron chi connectivity index (χ2n) is 3.93. The van der Waals surface area contributed by atoms with Crippen LogP contribution in [0.2, 0.25) is 0 Å². The highest BCUT2D eigenvalue weighted by molar-refractivity contribution is 5.76. The summed E-state index contributed by atoms with van der Waals surface area (Å²) in [5, 5.41) is 14.6. The first kappa shape index (κ1) is 14.8. The van der Waals surface area contributed by atoms with Crippen LogP contribution in [0.4, 0.5) is 11.4 Å². The summed E-state index contributed by atoms with van der Waals surface area (Å²) in [6.45, 7) is 1.51. The first-order valence-corrected chi connectivity index (χ1v) is 5.96. The number of carbonyl (C=O) groups is 1. The molecule has 0 atom stereocenters. The zero-order chi connectivity index (χ0) is 14.1. The number of hydrogen-bond acceptors (Lipinski definition) is 5. The number of benzene rings is 1. The summed E-state index contributed by atoms with van der Waals surface area (Å²) in [7, 11) is 1.58. The van der Waals surface area contributed by atoms with Crippen molar-refractivity contribution in [1.29, 1.82) is 5.26 Å². The Morgan fingerprint density at radius 1 is 1.47 bits per heavy atom. The van der Waals surface area contributed by atoms with Crippen LogP contribution in [0.15, 0.2) is 18.2 Å². The molecule has 0 saturated carbocycles. The van der Waals surface area contributed by atoms with Crippen molar-refractivity contribution in [2.45, 2.75) is 6.42 Å². The van der Waals surface area contributed by atoms with Crippen LogP contribution in [-0.4, -0.2) is 32.7 Å². The second-order valence-corrected chi connectivity index (χ2v) is 3.93. The molecule has 102 valence electrons. The Kier molecular flexibility index (Phi) is 6.19. The Morgan fingerprint density at radius 2 is 2.26 bits per heavy atom. The highest BCUT2D eigenvalue weighted by Crippen LogP contribution is 2.16. The second kappa shape index (κ2) is 7.95. The minimum atomic E-state index is -0.0412. The largest absolute Gasteiger partial charge is 0.398 e. The molecule has 1 rings (SSSR count). The molecule has 0 aliphatic carbocycles. The van der Waals surface area contributed by atoms with Gasteiger partial charge in [0.2, 0.25) is 5.91 Å². The summed E-state index contributed by atoms with van der Waals surface area (Å²) in [4.78, 5) is 11.4. The topological polar surface area (TPSA) is 100 Å². The number of carbonyl (C=O) groups excluding carboxylic acids is 1. The van der Waals surface area contributed by atoms with E-state index in [0.29, 0.717) is 37.4 Å². The van der Waals surface area contributed by atoms with E-state index in [9.17, 15) is 4.79 Å². The highest BCUT2D eigenvalue weighted by Gasteiger charge is 2.02. The molecule has 0 radical (unpaired) electrons. The molecular formula is C13H18N4O2. The molecule has 0 spiro atoms. The van der Waals surface area contributed by atoms with Crippen molar-refractivity contribution < 1.29 is 9.53 Å². The number of nitriles is 1. The van der Waals surface area contributed by atoms with Gasteiger partial charge in [-0.3, -0.25) is 4.79 Å². The molecule has 1 aromatic rings. The van der Waals surface area contributed by atoms with Crippen LogP contribution in [-0.2, 0) is 9.53 Å². The fraction of sp³-hybridized carbons (Fsp3) is 0.385. The number of amides is 1. The van der Waals surface area contributed by atoms with E-state index in [-0.39, 0.29) is 5.91 Å². The van der Waals surface area contributed by atoms with Gasteiger partial charge < -0.3 is 21.1 Å². The molecule has 0 aliphatic rings. The van der Waals surface area contributed by atoms with Crippen molar-refractivity contribution in [2.24, 2.45) is 0 Å². The van der Waals surface area contributed by atoms with Gasteiger partial charge in [-0.2, -0.15) is 5.26 Å². The fourth-order valence-corrected chi connectivity index (χ4v) is 1.46. The van der Waals surface area contributed by atoms with Crippen LogP contribution >= 0.6 is 0 Å². The third kappa shape index (κ3) is 5.27. The molecular weight excluding hydrogens is 244 g/mol. The van der Waals surface area contributed by atoms with Crippen molar-refractivity contribution in [2.75, 3.05) is 37.9 Å². The third-order valence-corrected chi connectivity index (χ3v) is 2.48. The molecule has 0 aliphatic heterocycles. The van der Waals surface area contributed by atoms with E-state index in [1.807, 2.05) is 6.07 Å². The molecule has 0 unspecified atom stereocenters. The molecule has 1 amide bonds. The van der Waals surface area contributed by atoms with E-state index in [2.05, 4.69) is 10.6 Å². The summed E-state index contributed by atoms with van der Waals surface area (Å²) >= 11 is 0. The molecule has 0 bridgehead atoms. The van der Waals surface area contributed by atoms with Crippen molar-refractivity contribution in [3.8, 4) is 6.07 Å². The van der Waals surface area contributed by atoms with Crippen LogP contribution in [0.5, 0.6) is 0 Å². The minimum absolute atomic E-state index is 0.0412. The van der Waals surface area contributed by atoms with Gasteiger partial charge >= 0.3 is 0 Å². The van der Waals surface area contributed by atoms with Crippen LogP contribution in [0.1, 0.15) is 12.0 Å². The Bertz CT molecular complexity index is 468. The monoisotopic (exact) mass is 262 g/mol. The molecule has 4 N–H and O–H groups in total. The van der Waals surface area contributed by atoms with Crippen molar-refractivity contribution in [3.63, 3.8) is 0 Å². The van der Waals surface area contributed by atoms with Crippen LogP contribution in [0.3, 0.4) is 0 Å².